The molecule has 172 valence electrons. The molecule has 1 atom stereocenters. The second-order valence-electron chi connectivity index (χ2n) is 8.40. The van der Waals surface area contributed by atoms with Gasteiger partial charge in [-0.2, -0.15) is 13.2 Å². The third kappa shape index (κ3) is 4.87. The van der Waals surface area contributed by atoms with E-state index < -0.39 is 24.6 Å². The van der Waals surface area contributed by atoms with E-state index in [9.17, 15) is 18.0 Å². The number of alkyl halides is 3. The third-order valence-electron chi connectivity index (χ3n) is 5.78. The predicted molar refractivity (Wildman–Crippen MR) is 112 cm³/mol. The Balaban J connectivity index is 1.71. The Bertz CT molecular complexity index is 1000. The first-order chi connectivity index (χ1) is 15.1. The van der Waals surface area contributed by atoms with Gasteiger partial charge in [-0.25, -0.2) is 4.39 Å². The first-order valence-electron chi connectivity index (χ1n) is 10.6. The van der Waals surface area contributed by atoms with E-state index in [4.69, 9.17) is 4.74 Å². The van der Waals surface area contributed by atoms with E-state index >= 15 is 4.39 Å². The second-order valence-corrected chi connectivity index (χ2v) is 8.40. The number of carbonyl (C=O) groups excluding carboxylic acids is 1. The lowest BCUT2D eigenvalue weighted by molar-refractivity contribution is -0.221. The first-order valence-corrected chi connectivity index (χ1v) is 10.6. The number of aromatic nitrogens is 1. The predicted octanol–water partition coefficient (Wildman–Crippen LogP) is 4.30. The van der Waals surface area contributed by atoms with Crippen molar-refractivity contribution >= 4 is 11.6 Å². The van der Waals surface area contributed by atoms with Gasteiger partial charge in [-0.3, -0.25) is 9.78 Å². The number of anilines is 1. The maximum absolute atomic E-state index is 15.8. The number of rotatable bonds is 5. The van der Waals surface area contributed by atoms with Crippen LogP contribution < -0.4 is 10.2 Å². The molecule has 2 aromatic rings. The molecule has 0 bridgehead atoms. The van der Waals surface area contributed by atoms with Crippen molar-refractivity contribution in [1.82, 2.24) is 10.3 Å². The van der Waals surface area contributed by atoms with Crippen molar-refractivity contribution in [3.63, 3.8) is 0 Å². The highest BCUT2D eigenvalue weighted by atomic mass is 19.4. The van der Waals surface area contributed by atoms with Crippen LogP contribution in [0, 0.1) is 25.6 Å². The molecule has 2 aliphatic rings. The molecule has 9 heteroatoms. The highest BCUT2D eigenvalue weighted by Crippen LogP contribution is 2.35. The van der Waals surface area contributed by atoms with Gasteiger partial charge in [-0.1, -0.05) is 6.07 Å². The summed E-state index contributed by atoms with van der Waals surface area (Å²) in [6, 6.07) is 6.84. The van der Waals surface area contributed by atoms with Gasteiger partial charge >= 0.3 is 6.18 Å². The van der Waals surface area contributed by atoms with Gasteiger partial charge in [0, 0.05) is 36.0 Å². The number of aryl methyl sites for hydroxylation is 2. The summed E-state index contributed by atoms with van der Waals surface area (Å²) in [4.78, 5) is 17.9. The average Bonchev–Trinajstić information content (AvgIpc) is 3.56. The molecule has 1 saturated heterocycles. The zero-order chi connectivity index (χ0) is 23.0. The Morgan fingerprint density at radius 1 is 1.22 bits per heavy atom. The minimum absolute atomic E-state index is 0.0399. The van der Waals surface area contributed by atoms with E-state index in [1.54, 1.807) is 6.07 Å². The maximum atomic E-state index is 15.8. The van der Waals surface area contributed by atoms with Crippen LogP contribution in [0.25, 0.3) is 11.1 Å². The van der Waals surface area contributed by atoms with Crippen molar-refractivity contribution in [3.05, 3.63) is 47.0 Å². The molecular weight excluding hydrogens is 426 g/mol. The zero-order valence-corrected chi connectivity index (χ0v) is 17.9. The normalized spacial score (nSPS) is 19.2. The number of hydrogen-bond acceptors (Lipinski definition) is 4. The monoisotopic (exact) mass is 451 g/mol. The summed E-state index contributed by atoms with van der Waals surface area (Å²) in [7, 11) is 0. The summed E-state index contributed by atoms with van der Waals surface area (Å²) in [5.74, 6) is -0.804. The number of ether oxygens (including phenoxy) is 1. The van der Waals surface area contributed by atoms with Crippen molar-refractivity contribution in [2.24, 2.45) is 5.92 Å². The van der Waals surface area contributed by atoms with Crippen molar-refractivity contribution < 1.29 is 27.1 Å². The Morgan fingerprint density at radius 2 is 1.91 bits per heavy atom. The van der Waals surface area contributed by atoms with E-state index in [1.165, 1.54) is 11.0 Å². The number of nitrogens with zero attached hydrogens (tertiary/aromatic N) is 2. The van der Waals surface area contributed by atoms with Gasteiger partial charge in [-0.05, 0) is 56.0 Å². The number of benzene rings is 1. The fourth-order valence-corrected chi connectivity index (χ4v) is 4.02. The molecule has 1 aromatic heterocycles. The molecule has 2 fully saturated rings. The molecule has 4 rings (SSSR count). The van der Waals surface area contributed by atoms with Gasteiger partial charge in [0.25, 0.3) is 0 Å². The summed E-state index contributed by atoms with van der Waals surface area (Å²) in [5.41, 5.74) is 3.17. The summed E-state index contributed by atoms with van der Waals surface area (Å²) in [5, 5.41) is 2.79. The van der Waals surface area contributed by atoms with Crippen LogP contribution in [0.1, 0.15) is 29.8 Å². The quantitative estimate of drug-likeness (QED) is 0.689. The van der Waals surface area contributed by atoms with Gasteiger partial charge in [0.15, 0.2) is 11.9 Å². The van der Waals surface area contributed by atoms with E-state index in [1.807, 2.05) is 26.0 Å². The summed E-state index contributed by atoms with van der Waals surface area (Å²) in [6.07, 6.45) is -4.87. The van der Waals surface area contributed by atoms with Crippen LogP contribution in [0.3, 0.4) is 0 Å². The molecule has 1 aliphatic carbocycles. The number of hydrogen-bond donors (Lipinski definition) is 1. The number of morpholine rings is 1. The molecule has 1 N–H and O–H groups in total. The summed E-state index contributed by atoms with van der Waals surface area (Å²) >= 11 is 0. The molecule has 2 heterocycles. The minimum Gasteiger partial charge on any atom is -0.365 e. The fourth-order valence-electron chi connectivity index (χ4n) is 4.02. The number of nitrogens with one attached hydrogen (secondary N) is 1. The van der Waals surface area contributed by atoms with Crippen LogP contribution in [0.15, 0.2) is 24.3 Å². The Kier molecular flexibility index (Phi) is 6.11. The molecule has 0 unspecified atom stereocenters. The molecule has 0 radical (unpaired) electrons. The lowest BCUT2D eigenvalue weighted by atomic mass is 9.97. The Labute approximate surface area is 183 Å². The molecule has 1 aliphatic heterocycles. The highest BCUT2D eigenvalue weighted by Gasteiger charge is 2.44. The van der Waals surface area contributed by atoms with E-state index in [0.717, 1.165) is 29.8 Å². The van der Waals surface area contributed by atoms with Crippen molar-refractivity contribution in [2.45, 2.75) is 45.5 Å². The SMILES string of the molecule is Cc1cc(-c2ccc(N3CCO[C@H](C(F)(F)F)C3)c(F)c2CNC(=O)C2CC2)cc(C)n1. The van der Waals surface area contributed by atoms with Crippen molar-refractivity contribution in [1.29, 1.82) is 0 Å². The van der Waals surface area contributed by atoms with Gasteiger partial charge < -0.3 is 15.0 Å². The molecular formula is C23H25F4N3O2. The Morgan fingerprint density at radius 3 is 2.53 bits per heavy atom. The van der Waals surface area contributed by atoms with Crippen LogP contribution >= 0.6 is 0 Å². The number of pyridine rings is 1. The van der Waals surface area contributed by atoms with Gasteiger partial charge in [0.1, 0.15) is 0 Å². The largest absolute Gasteiger partial charge is 0.416 e. The fraction of sp³-hybridized carbons (Fsp3) is 0.478. The molecule has 1 aromatic carbocycles. The van der Waals surface area contributed by atoms with Crippen LogP contribution in [0.2, 0.25) is 0 Å². The topological polar surface area (TPSA) is 54.5 Å². The minimum atomic E-state index is -4.53. The summed E-state index contributed by atoms with van der Waals surface area (Å²) in [6.45, 7) is 3.13. The number of amides is 1. The molecule has 1 amide bonds. The third-order valence-corrected chi connectivity index (χ3v) is 5.78. The van der Waals surface area contributed by atoms with Crippen LogP contribution in [0.4, 0.5) is 23.2 Å². The molecule has 1 saturated carbocycles. The highest BCUT2D eigenvalue weighted by molar-refractivity contribution is 5.81. The number of carbonyl (C=O) groups is 1. The van der Waals surface area contributed by atoms with Gasteiger partial charge in [0.2, 0.25) is 5.91 Å². The second kappa shape index (κ2) is 8.69. The van der Waals surface area contributed by atoms with Crippen LogP contribution in [-0.2, 0) is 16.1 Å². The standard InChI is InChI=1S/C23H25F4N3O2/c1-13-9-16(10-14(2)29-13)17-5-6-19(30-7-8-32-20(12-30)23(25,26)27)21(24)18(17)11-28-22(31)15-3-4-15/h5-6,9-10,15,20H,3-4,7-8,11-12H2,1-2H3,(H,28,31)/t20-/m0/s1. The van der Waals surface area contributed by atoms with Gasteiger partial charge in [-0.15, -0.1) is 0 Å². The lowest BCUT2D eigenvalue weighted by Gasteiger charge is -2.35. The van der Waals surface area contributed by atoms with E-state index in [0.29, 0.717) is 5.56 Å². The lowest BCUT2D eigenvalue weighted by Crippen LogP contribution is -2.49. The smallest absolute Gasteiger partial charge is 0.365 e. The molecule has 5 nitrogen and oxygen atoms in total. The van der Waals surface area contributed by atoms with Crippen LogP contribution in [0.5, 0.6) is 0 Å². The molecule has 0 spiro atoms. The van der Waals surface area contributed by atoms with E-state index in [-0.39, 0.29) is 42.8 Å². The van der Waals surface area contributed by atoms with Crippen molar-refractivity contribution in [2.75, 3.05) is 24.6 Å². The summed E-state index contributed by atoms with van der Waals surface area (Å²) < 4.78 is 60.1. The van der Waals surface area contributed by atoms with E-state index in [2.05, 4.69) is 10.3 Å². The van der Waals surface area contributed by atoms with Crippen molar-refractivity contribution in [3.8, 4) is 11.1 Å². The average molecular weight is 451 g/mol. The maximum Gasteiger partial charge on any atom is 0.416 e. The number of halogens is 4. The first kappa shape index (κ1) is 22.5. The Hall–Kier alpha value is -2.68. The zero-order valence-electron chi connectivity index (χ0n) is 17.9. The molecule has 32 heavy (non-hydrogen) atoms. The van der Waals surface area contributed by atoms with Crippen LogP contribution in [-0.4, -0.2) is 42.9 Å². The van der Waals surface area contributed by atoms with Gasteiger partial charge in [0.05, 0.1) is 18.8 Å².